The minimum Gasteiger partial charge on any atom is -0.462 e. The maximum Gasteiger partial charge on any atom is 0.246 e. The van der Waals surface area contributed by atoms with Gasteiger partial charge < -0.3 is 9.32 Å². The van der Waals surface area contributed by atoms with E-state index in [9.17, 15) is 4.79 Å². The van der Waals surface area contributed by atoms with Gasteiger partial charge in [0.15, 0.2) is 0 Å². The van der Waals surface area contributed by atoms with Gasteiger partial charge in [0, 0.05) is 18.7 Å². The first kappa shape index (κ1) is 12.9. The molecule has 0 radical (unpaired) electrons. The molecule has 18 heavy (non-hydrogen) atoms. The number of nitrogens with zero attached hydrogens (tertiary/aromatic N) is 1. The van der Waals surface area contributed by atoms with E-state index < -0.39 is 0 Å². The number of aryl methyl sites for hydroxylation is 1. The first-order valence-electron chi connectivity index (χ1n) is 6.76. The molecule has 1 aromatic heterocycles. The lowest BCUT2D eigenvalue weighted by Gasteiger charge is -2.26. The van der Waals surface area contributed by atoms with Crippen molar-refractivity contribution >= 4 is 12.0 Å². The molecule has 0 spiro atoms. The highest BCUT2D eigenvalue weighted by Crippen LogP contribution is 2.23. The zero-order valence-electron chi connectivity index (χ0n) is 11.2. The van der Waals surface area contributed by atoms with Crippen molar-refractivity contribution in [3.05, 3.63) is 29.7 Å². The average molecular weight is 247 g/mol. The summed E-state index contributed by atoms with van der Waals surface area (Å²) in [5.74, 6) is 1.70. The normalized spacial score (nSPS) is 16.6. The second-order valence-electron chi connectivity index (χ2n) is 4.84. The van der Waals surface area contributed by atoms with E-state index in [2.05, 4.69) is 0 Å². The molecular formula is C15H21NO2. The largest absolute Gasteiger partial charge is 0.462 e. The van der Waals surface area contributed by atoms with Crippen LogP contribution in [0.15, 0.2) is 22.6 Å². The molecule has 1 aliphatic rings. The second kappa shape index (κ2) is 5.89. The summed E-state index contributed by atoms with van der Waals surface area (Å²) < 4.78 is 5.42. The van der Waals surface area contributed by atoms with E-state index >= 15 is 0 Å². The van der Waals surface area contributed by atoms with Crippen molar-refractivity contribution in [2.45, 2.75) is 45.6 Å². The Morgan fingerprint density at radius 2 is 2.17 bits per heavy atom. The Bertz CT molecular complexity index is 427. The molecule has 1 saturated carbocycles. The zero-order chi connectivity index (χ0) is 13.0. The van der Waals surface area contributed by atoms with Crippen molar-refractivity contribution in [2.24, 2.45) is 0 Å². The van der Waals surface area contributed by atoms with Crippen LogP contribution >= 0.6 is 0 Å². The summed E-state index contributed by atoms with van der Waals surface area (Å²) in [6.07, 6.45) is 8.17. The van der Waals surface area contributed by atoms with Crippen molar-refractivity contribution in [3.8, 4) is 0 Å². The van der Waals surface area contributed by atoms with Gasteiger partial charge in [-0.1, -0.05) is 12.8 Å². The van der Waals surface area contributed by atoms with Gasteiger partial charge in [0.05, 0.1) is 0 Å². The topological polar surface area (TPSA) is 33.5 Å². The van der Waals surface area contributed by atoms with Gasteiger partial charge in [-0.3, -0.25) is 4.79 Å². The molecule has 1 amide bonds. The van der Waals surface area contributed by atoms with Crippen LogP contribution in [0, 0.1) is 6.92 Å². The predicted octanol–water partition coefficient (Wildman–Crippen LogP) is 3.39. The van der Waals surface area contributed by atoms with E-state index in [0.717, 1.165) is 30.9 Å². The lowest BCUT2D eigenvalue weighted by atomic mass is 10.2. The number of furan rings is 1. The molecule has 0 aliphatic heterocycles. The standard InChI is InChI=1S/C15H21NO2/c1-3-16(13-6-4-5-7-13)15(17)11-10-14-9-8-12(2)18-14/h8-11,13H,3-7H2,1-2H3/b11-10+. The number of hydrogen-bond donors (Lipinski definition) is 0. The molecule has 2 rings (SSSR count). The number of rotatable bonds is 4. The van der Waals surface area contributed by atoms with Gasteiger partial charge in [-0.15, -0.1) is 0 Å². The molecule has 0 bridgehead atoms. The van der Waals surface area contributed by atoms with E-state index in [-0.39, 0.29) is 5.91 Å². The molecule has 1 fully saturated rings. The molecule has 1 aromatic rings. The summed E-state index contributed by atoms with van der Waals surface area (Å²) >= 11 is 0. The van der Waals surface area contributed by atoms with Crippen LogP contribution in [0.4, 0.5) is 0 Å². The third-order valence-electron chi connectivity index (χ3n) is 3.54. The first-order valence-corrected chi connectivity index (χ1v) is 6.76. The quantitative estimate of drug-likeness (QED) is 0.764. The Labute approximate surface area is 108 Å². The summed E-state index contributed by atoms with van der Waals surface area (Å²) in [5, 5.41) is 0. The summed E-state index contributed by atoms with van der Waals surface area (Å²) in [6, 6.07) is 4.22. The summed E-state index contributed by atoms with van der Waals surface area (Å²) in [6.45, 7) is 4.72. The number of likely N-dealkylation sites (N-methyl/N-ethyl adjacent to an activating group) is 1. The molecule has 3 heteroatoms. The maximum atomic E-state index is 12.1. The van der Waals surface area contributed by atoms with Gasteiger partial charge in [0.2, 0.25) is 5.91 Å². The molecule has 1 heterocycles. The highest BCUT2D eigenvalue weighted by Gasteiger charge is 2.23. The van der Waals surface area contributed by atoms with Crippen molar-refractivity contribution in [3.63, 3.8) is 0 Å². The van der Waals surface area contributed by atoms with Crippen molar-refractivity contribution in [2.75, 3.05) is 6.54 Å². The van der Waals surface area contributed by atoms with Crippen LogP contribution in [0.1, 0.15) is 44.1 Å². The fraction of sp³-hybridized carbons (Fsp3) is 0.533. The van der Waals surface area contributed by atoms with Crippen LogP contribution in [0.2, 0.25) is 0 Å². The Hall–Kier alpha value is -1.51. The van der Waals surface area contributed by atoms with Crippen LogP contribution in [0.25, 0.3) is 6.08 Å². The molecule has 0 unspecified atom stereocenters. The monoisotopic (exact) mass is 247 g/mol. The van der Waals surface area contributed by atoms with Gasteiger partial charge in [-0.05, 0) is 44.9 Å². The minimum atomic E-state index is 0.0958. The van der Waals surface area contributed by atoms with E-state index in [1.165, 1.54) is 12.8 Å². The van der Waals surface area contributed by atoms with E-state index in [1.54, 1.807) is 12.2 Å². The molecule has 0 saturated heterocycles. The van der Waals surface area contributed by atoms with Gasteiger partial charge >= 0.3 is 0 Å². The maximum absolute atomic E-state index is 12.1. The average Bonchev–Trinajstić information content (AvgIpc) is 2.99. The van der Waals surface area contributed by atoms with Crippen molar-refractivity contribution in [1.82, 2.24) is 4.90 Å². The predicted molar refractivity (Wildman–Crippen MR) is 72.1 cm³/mol. The Balaban J connectivity index is 1.98. The van der Waals surface area contributed by atoms with Crippen LogP contribution in [-0.4, -0.2) is 23.4 Å². The molecular weight excluding hydrogens is 226 g/mol. The number of carbonyl (C=O) groups excluding carboxylic acids is 1. The number of carbonyl (C=O) groups is 1. The Morgan fingerprint density at radius 1 is 1.44 bits per heavy atom. The lowest BCUT2D eigenvalue weighted by Crippen LogP contribution is -2.37. The van der Waals surface area contributed by atoms with Gasteiger partial charge in [-0.2, -0.15) is 0 Å². The van der Waals surface area contributed by atoms with Crippen molar-refractivity contribution in [1.29, 1.82) is 0 Å². The first-order chi connectivity index (χ1) is 8.70. The fourth-order valence-corrected chi connectivity index (χ4v) is 2.60. The third kappa shape index (κ3) is 3.03. The number of hydrogen-bond acceptors (Lipinski definition) is 2. The number of amides is 1. The summed E-state index contributed by atoms with van der Waals surface area (Å²) in [5.41, 5.74) is 0. The molecule has 0 atom stereocenters. The lowest BCUT2D eigenvalue weighted by molar-refractivity contribution is -0.127. The Morgan fingerprint density at radius 3 is 2.72 bits per heavy atom. The van der Waals surface area contributed by atoms with Crippen LogP contribution < -0.4 is 0 Å². The minimum absolute atomic E-state index is 0.0958. The van der Waals surface area contributed by atoms with Gasteiger partial charge in [0.25, 0.3) is 0 Å². The molecule has 0 N–H and O–H groups in total. The van der Waals surface area contributed by atoms with Crippen LogP contribution in [0.3, 0.4) is 0 Å². The van der Waals surface area contributed by atoms with Crippen LogP contribution in [-0.2, 0) is 4.79 Å². The molecule has 1 aliphatic carbocycles. The fourth-order valence-electron chi connectivity index (χ4n) is 2.60. The van der Waals surface area contributed by atoms with Crippen molar-refractivity contribution < 1.29 is 9.21 Å². The van der Waals surface area contributed by atoms with E-state index in [4.69, 9.17) is 4.42 Å². The van der Waals surface area contributed by atoms with Crippen LogP contribution in [0.5, 0.6) is 0 Å². The molecule has 3 nitrogen and oxygen atoms in total. The highest BCUT2D eigenvalue weighted by molar-refractivity contribution is 5.91. The summed E-state index contributed by atoms with van der Waals surface area (Å²) in [4.78, 5) is 14.1. The van der Waals surface area contributed by atoms with Gasteiger partial charge in [0.1, 0.15) is 11.5 Å². The smallest absolute Gasteiger partial charge is 0.246 e. The molecule has 0 aromatic carbocycles. The SMILES string of the molecule is CCN(C(=O)/C=C/c1ccc(C)o1)C1CCCC1. The zero-order valence-corrected chi connectivity index (χ0v) is 11.2. The second-order valence-corrected chi connectivity index (χ2v) is 4.84. The Kier molecular flexibility index (Phi) is 4.24. The third-order valence-corrected chi connectivity index (χ3v) is 3.54. The molecule has 98 valence electrons. The highest BCUT2D eigenvalue weighted by atomic mass is 16.3. The van der Waals surface area contributed by atoms with Gasteiger partial charge in [-0.25, -0.2) is 0 Å². The van der Waals surface area contributed by atoms with E-state index in [1.807, 2.05) is 30.9 Å². The summed E-state index contributed by atoms with van der Waals surface area (Å²) in [7, 11) is 0. The van der Waals surface area contributed by atoms with E-state index in [0.29, 0.717) is 6.04 Å².